The predicted octanol–water partition coefficient (Wildman–Crippen LogP) is 4.10. The van der Waals surface area contributed by atoms with Gasteiger partial charge in [0.2, 0.25) is 5.91 Å². The van der Waals surface area contributed by atoms with Crippen molar-refractivity contribution in [1.82, 2.24) is 9.88 Å². The standard InChI is InChI=1S/C21H23N3OS/c1-15-11-12-16-7-3-5-9-18(16)24(15)14-21(25)23(2)13-20-22-17-8-4-6-10-19(17)26-20/h3-10,15H,11-14H2,1-2H3/t15-/m0/s1. The Kier molecular flexibility index (Phi) is 4.64. The van der Waals surface area contributed by atoms with Gasteiger partial charge in [0.15, 0.2) is 0 Å². The van der Waals surface area contributed by atoms with Crippen molar-refractivity contribution < 1.29 is 4.79 Å². The van der Waals surface area contributed by atoms with Gasteiger partial charge in [-0.15, -0.1) is 11.3 Å². The Balaban J connectivity index is 1.47. The molecule has 3 aromatic rings. The molecule has 4 nitrogen and oxygen atoms in total. The highest BCUT2D eigenvalue weighted by molar-refractivity contribution is 7.18. The number of nitrogens with zero attached hydrogens (tertiary/aromatic N) is 3. The van der Waals surface area contributed by atoms with Crippen LogP contribution >= 0.6 is 11.3 Å². The highest BCUT2D eigenvalue weighted by atomic mass is 32.1. The molecule has 2 aromatic carbocycles. The van der Waals surface area contributed by atoms with Crippen LogP contribution in [0.5, 0.6) is 0 Å². The number of aryl methyl sites for hydroxylation is 1. The average molecular weight is 366 g/mol. The van der Waals surface area contributed by atoms with Crippen molar-refractivity contribution in [2.75, 3.05) is 18.5 Å². The first kappa shape index (κ1) is 17.0. The minimum atomic E-state index is 0.132. The van der Waals surface area contributed by atoms with Gasteiger partial charge in [0.05, 0.1) is 23.3 Å². The first-order chi connectivity index (χ1) is 12.6. The maximum absolute atomic E-state index is 12.8. The van der Waals surface area contributed by atoms with Crippen LogP contribution in [0.3, 0.4) is 0 Å². The number of hydrogen-bond donors (Lipinski definition) is 0. The third kappa shape index (κ3) is 3.31. The summed E-state index contributed by atoms with van der Waals surface area (Å²) in [4.78, 5) is 21.5. The van der Waals surface area contributed by atoms with E-state index in [4.69, 9.17) is 0 Å². The van der Waals surface area contributed by atoms with Crippen LogP contribution in [0.1, 0.15) is 23.9 Å². The molecule has 134 valence electrons. The van der Waals surface area contributed by atoms with Gasteiger partial charge in [-0.2, -0.15) is 0 Å². The molecule has 0 fully saturated rings. The van der Waals surface area contributed by atoms with Crippen molar-refractivity contribution in [2.45, 2.75) is 32.4 Å². The lowest BCUT2D eigenvalue weighted by atomic mass is 9.96. The number of fused-ring (bicyclic) bond motifs is 2. The second kappa shape index (κ2) is 7.08. The van der Waals surface area contributed by atoms with Gasteiger partial charge in [-0.1, -0.05) is 30.3 Å². The van der Waals surface area contributed by atoms with Crippen molar-refractivity contribution in [3.63, 3.8) is 0 Å². The predicted molar refractivity (Wildman–Crippen MR) is 108 cm³/mol. The number of aromatic nitrogens is 1. The third-order valence-electron chi connectivity index (χ3n) is 5.11. The second-order valence-electron chi connectivity index (χ2n) is 6.97. The number of thiazole rings is 1. The van der Waals surface area contributed by atoms with Crippen LogP contribution in [0.4, 0.5) is 5.69 Å². The molecule has 0 bridgehead atoms. The van der Waals surface area contributed by atoms with Gasteiger partial charge >= 0.3 is 0 Å². The molecule has 2 heterocycles. The van der Waals surface area contributed by atoms with E-state index < -0.39 is 0 Å². The molecule has 0 saturated carbocycles. The summed E-state index contributed by atoms with van der Waals surface area (Å²) < 4.78 is 1.17. The Morgan fingerprint density at radius 2 is 2.00 bits per heavy atom. The topological polar surface area (TPSA) is 36.4 Å². The van der Waals surface area contributed by atoms with Crippen LogP contribution in [0.2, 0.25) is 0 Å². The number of rotatable bonds is 4. The molecule has 0 saturated heterocycles. The molecule has 4 rings (SSSR count). The molecule has 0 N–H and O–H groups in total. The Morgan fingerprint density at radius 1 is 1.23 bits per heavy atom. The molecular weight excluding hydrogens is 342 g/mol. The van der Waals surface area contributed by atoms with Crippen molar-refractivity contribution in [1.29, 1.82) is 0 Å². The monoisotopic (exact) mass is 365 g/mol. The van der Waals surface area contributed by atoms with E-state index in [-0.39, 0.29) is 5.91 Å². The van der Waals surface area contributed by atoms with Crippen molar-refractivity contribution in [2.24, 2.45) is 0 Å². The maximum atomic E-state index is 12.8. The molecular formula is C21H23N3OS. The number of likely N-dealkylation sites (N-methyl/N-ethyl adjacent to an activating group) is 1. The van der Waals surface area contributed by atoms with Gasteiger partial charge in [-0.25, -0.2) is 4.98 Å². The second-order valence-corrected chi connectivity index (χ2v) is 8.08. The van der Waals surface area contributed by atoms with Crippen LogP contribution in [0.25, 0.3) is 10.2 Å². The normalized spacial score (nSPS) is 16.5. The molecule has 26 heavy (non-hydrogen) atoms. The van der Waals surface area contributed by atoms with Gasteiger partial charge in [0.25, 0.3) is 0 Å². The Morgan fingerprint density at radius 3 is 2.85 bits per heavy atom. The van der Waals surface area contributed by atoms with E-state index in [1.165, 1.54) is 16.0 Å². The Labute approximate surface area is 158 Å². The zero-order chi connectivity index (χ0) is 18.1. The molecule has 1 aliphatic heterocycles. The van der Waals surface area contributed by atoms with E-state index in [0.717, 1.165) is 23.4 Å². The molecule has 1 atom stereocenters. The summed E-state index contributed by atoms with van der Waals surface area (Å²) in [5.41, 5.74) is 3.55. The minimum absolute atomic E-state index is 0.132. The summed E-state index contributed by atoms with van der Waals surface area (Å²) in [7, 11) is 1.87. The molecule has 1 amide bonds. The number of anilines is 1. The van der Waals surface area contributed by atoms with Crippen LogP contribution in [0.15, 0.2) is 48.5 Å². The Bertz CT molecular complexity index is 903. The minimum Gasteiger partial charge on any atom is -0.359 e. The zero-order valence-electron chi connectivity index (χ0n) is 15.2. The summed E-state index contributed by atoms with van der Waals surface area (Å²) in [6.45, 7) is 3.18. The molecule has 1 aliphatic rings. The lowest BCUT2D eigenvalue weighted by molar-refractivity contribution is -0.129. The number of benzene rings is 2. The molecule has 0 unspecified atom stereocenters. The van der Waals surface area contributed by atoms with E-state index >= 15 is 0 Å². The lowest BCUT2D eigenvalue weighted by Crippen LogP contribution is -2.44. The average Bonchev–Trinajstić information content (AvgIpc) is 3.06. The summed E-state index contributed by atoms with van der Waals surface area (Å²) in [5.74, 6) is 0.132. The van der Waals surface area contributed by atoms with Crippen LogP contribution in [0, 0.1) is 0 Å². The lowest BCUT2D eigenvalue weighted by Gasteiger charge is -2.37. The fourth-order valence-electron chi connectivity index (χ4n) is 3.55. The van der Waals surface area contributed by atoms with E-state index in [2.05, 4.69) is 47.1 Å². The quantitative estimate of drug-likeness (QED) is 0.698. The summed E-state index contributed by atoms with van der Waals surface area (Å²) in [6.07, 6.45) is 2.18. The summed E-state index contributed by atoms with van der Waals surface area (Å²) in [6, 6.07) is 16.9. The van der Waals surface area contributed by atoms with E-state index in [1.807, 2.05) is 25.2 Å². The molecule has 1 aromatic heterocycles. The van der Waals surface area contributed by atoms with Gasteiger partial charge in [0, 0.05) is 18.8 Å². The van der Waals surface area contributed by atoms with Crippen LogP contribution in [-0.2, 0) is 17.8 Å². The first-order valence-electron chi connectivity index (χ1n) is 9.05. The molecule has 0 aliphatic carbocycles. The van der Waals surface area contributed by atoms with Gasteiger partial charge in [-0.05, 0) is 43.5 Å². The smallest absolute Gasteiger partial charge is 0.242 e. The van der Waals surface area contributed by atoms with Crippen molar-refractivity contribution in [3.05, 3.63) is 59.1 Å². The SMILES string of the molecule is C[C@H]1CCc2ccccc2N1CC(=O)N(C)Cc1nc2ccccc2s1. The van der Waals surface area contributed by atoms with E-state index in [0.29, 0.717) is 19.1 Å². The molecule has 0 spiro atoms. The largest absolute Gasteiger partial charge is 0.359 e. The Hall–Kier alpha value is -2.40. The fourth-order valence-corrected chi connectivity index (χ4v) is 4.57. The van der Waals surface area contributed by atoms with Gasteiger partial charge in [0.1, 0.15) is 5.01 Å². The third-order valence-corrected chi connectivity index (χ3v) is 6.13. The summed E-state index contributed by atoms with van der Waals surface area (Å²) in [5, 5.41) is 0.981. The highest BCUT2D eigenvalue weighted by Crippen LogP contribution is 2.30. The number of amides is 1. The van der Waals surface area contributed by atoms with Gasteiger partial charge in [-0.3, -0.25) is 4.79 Å². The van der Waals surface area contributed by atoms with Crippen molar-refractivity contribution in [3.8, 4) is 0 Å². The first-order valence-corrected chi connectivity index (χ1v) is 9.86. The maximum Gasteiger partial charge on any atom is 0.242 e. The molecule has 0 radical (unpaired) electrons. The number of para-hydroxylation sites is 2. The number of carbonyl (C=O) groups excluding carboxylic acids is 1. The fraction of sp³-hybridized carbons (Fsp3) is 0.333. The van der Waals surface area contributed by atoms with Crippen LogP contribution in [-0.4, -0.2) is 35.4 Å². The van der Waals surface area contributed by atoms with E-state index in [1.54, 1.807) is 16.2 Å². The van der Waals surface area contributed by atoms with Crippen molar-refractivity contribution >= 4 is 33.1 Å². The number of hydrogen-bond acceptors (Lipinski definition) is 4. The molecule has 5 heteroatoms. The van der Waals surface area contributed by atoms with Gasteiger partial charge < -0.3 is 9.80 Å². The van der Waals surface area contributed by atoms with E-state index in [9.17, 15) is 4.79 Å². The number of carbonyl (C=O) groups is 1. The van der Waals surface area contributed by atoms with Crippen LogP contribution < -0.4 is 4.90 Å². The highest BCUT2D eigenvalue weighted by Gasteiger charge is 2.25. The summed E-state index contributed by atoms with van der Waals surface area (Å²) >= 11 is 1.66. The zero-order valence-corrected chi connectivity index (χ0v) is 16.0.